The maximum absolute atomic E-state index is 13.6. The molecule has 2 aromatic rings. The molecule has 3 heteroatoms. The third-order valence-electron chi connectivity index (χ3n) is 4.05. The van der Waals surface area contributed by atoms with Gasteiger partial charge in [0.05, 0.1) is 0 Å². The number of halogens is 1. The Labute approximate surface area is 125 Å². The van der Waals surface area contributed by atoms with Crippen LogP contribution in [0, 0.1) is 5.82 Å². The molecule has 1 heterocycles. The van der Waals surface area contributed by atoms with Gasteiger partial charge in [-0.15, -0.1) is 0 Å². The summed E-state index contributed by atoms with van der Waals surface area (Å²) in [6.07, 6.45) is 2.30. The third kappa shape index (κ3) is 3.42. The average molecular weight is 285 g/mol. The lowest BCUT2D eigenvalue weighted by atomic mass is 9.87. The van der Waals surface area contributed by atoms with Crippen LogP contribution in [0.5, 0.6) is 5.75 Å². The summed E-state index contributed by atoms with van der Waals surface area (Å²) in [5.41, 5.74) is 2.50. The zero-order valence-electron chi connectivity index (χ0n) is 12.0. The van der Waals surface area contributed by atoms with Crippen molar-refractivity contribution in [3.63, 3.8) is 0 Å². The van der Waals surface area contributed by atoms with Crippen molar-refractivity contribution in [3.8, 4) is 5.75 Å². The number of benzene rings is 2. The number of nitrogens with one attached hydrogen (secondary N) is 1. The molecule has 3 rings (SSSR count). The van der Waals surface area contributed by atoms with Gasteiger partial charge in [-0.3, -0.25) is 0 Å². The Morgan fingerprint density at radius 2 is 1.71 bits per heavy atom. The fourth-order valence-corrected chi connectivity index (χ4v) is 2.91. The predicted molar refractivity (Wildman–Crippen MR) is 82.0 cm³/mol. The summed E-state index contributed by atoms with van der Waals surface area (Å²) in [4.78, 5) is 0. The summed E-state index contributed by atoms with van der Waals surface area (Å²) in [5.74, 6) is 0.584. The van der Waals surface area contributed by atoms with Crippen LogP contribution in [0.25, 0.3) is 0 Å². The van der Waals surface area contributed by atoms with E-state index < -0.39 is 0 Å². The first-order valence-corrected chi connectivity index (χ1v) is 7.50. The Hall–Kier alpha value is -1.87. The van der Waals surface area contributed by atoms with Crippen LogP contribution in [0.2, 0.25) is 0 Å². The molecule has 1 fully saturated rings. The van der Waals surface area contributed by atoms with E-state index in [2.05, 4.69) is 23.5 Å². The summed E-state index contributed by atoms with van der Waals surface area (Å²) < 4.78 is 19.3. The highest BCUT2D eigenvalue weighted by atomic mass is 19.1. The molecule has 2 nitrogen and oxygen atoms in total. The average Bonchev–Trinajstić information content (AvgIpc) is 2.55. The SMILES string of the molecule is Fc1ccccc1OCc1ccccc1C1CCNCC1. The standard InChI is InChI=1S/C18H20FNO/c19-17-7-3-4-8-18(17)21-13-15-5-1-2-6-16(15)14-9-11-20-12-10-14/h1-8,14,20H,9-13H2. The Kier molecular flexibility index (Phi) is 4.51. The molecule has 0 atom stereocenters. The van der Waals surface area contributed by atoms with E-state index in [1.54, 1.807) is 18.2 Å². The summed E-state index contributed by atoms with van der Waals surface area (Å²) in [6.45, 7) is 2.54. The molecule has 110 valence electrons. The van der Waals surface area contributed by atoms with E-state index in [1.165, 1.54) is 11.6 Å². The topological polar surface area (TPSA) is 21.3 Å². The Morgan fingerprint density at radius 1 is 1.00 bits per heavy atom. The quantitative estimate of drug-likeness (QED) is 0.920. The summed E-state index contributed by atoms with van der Waals surface area (Å²) in [6, 6.07) is 14.9. The minimum Gasteiger partial charge on any atom is -0.486 e. The third-order valence-corrected chi connectivity index (χ3v) is 4.05. The lowest BCUT2D eigenvalue weighted by Crippen LogP contribution is -2.27. The molecular weight excluding hydrogens is 265 g/mol. The van der Waals surface area contributed by atoms with Crippen molar-refractivity contribution in [1.29, 1.82) is 0 Å². The molecule has 1 aliphatic rings. The second kappa shape index (κ2) is 6.72. The van der Waals surface area contributed by atoms with Crippen molar-refractivity contribution in [2.45, 2.75) is 25.4 Å². The van der Waals surface area contributed by atoms with Crippen molar-refractivity contribution < 1.29 is 9.13 Å². The molecule has 1 aliphatic heterocycles. The van der Waals surface area contributed by atoms with E-state index in [0.29, 0.717) is 18.3 Å². The first kappa shape index (κ1) is 14.1. The molecule has 0 bridgehead atoms. The van der Waals surface area contributed by atoms with Gasteiger partial charge < -0.3 is 10.1 Å². The van der Waals surface area contributed by atoms with Gasteiger partial charge in [0.2, 0.25) is 0 Å². The number of piperidine rings is 1. The number of para-hydroxylation sites is 1. The lowest BCUT2D eigenvalue weighted by Gasteiger charge is -2.25. The van der Waals surface area contributed by atoms with Crippen molar-refractivity contribution in [2.75, 3.05) is 13.1 Å². The van der Waals surface area contributed by atoms with E-state index in [0.717, 1.165) is 31.5 Å². The van der Waals surface area contributed by atoms with Crippen LogP contribution in [-0.4, -0.2) is 13.1 Å². The molecule has 1 saturated heterocycles. The van der Waals surface area contributed by atoms with Crippen LogP contribution < -0.4 is 10.1 Å². The summed E-state index contributed by atoms with van der Waals surface area (Å²) >= 11 is 0. The molecule has 0 radical (unpaired) electrons. The highest BCUT2D eigenvalue weighted by Crippen LogP contribution is 2.29. The fourth-order valence-electron chi connectivity index (χ4n) is 2.91. The number of hydrogen-bond donors (Lipinski definition) is 1. The smallest absolute Gasteiger partial charge is 0.165 e. The normalized spacial score (nSPS) is 15.9. The minimum atomic E-state index is -0.308. The maximum Gasteiger partial charge on any atom is 0.165 e. The number of hydrogen-bond acceptors (Lipinski definition) is 2. The van der Waals surface area contributed by atoms with Crippen LogP contribution in [0.3, 0.4) is 0 Å². The van der Waals surface area contributed by atoms with Gasteiger partial charge in [0, 0.05) is 0 Å². The Bertz CT molecular complexity index is 593. The van der Waals surface area contributed by atoms with Gasteiger partial charge in [-0.05, 0) is 55.1 Å². The van der Waals surface area contributed by atoms with Crippen LogP contribution in [0.1, 0.15) is 29.9 Å². The first-order chi connectivity index (χ1) is 10.3. The number of ether oxygens (including phenoxy) is 1. The van der Waals surface area contributed by atoms with E-state index in [4.69, 9.17) is 4.74 Å². The van der Waals surface area contributed by atoms with Crippen LogP contribution in [0.4, 0.5) is 4.39 Å². The van der Waals surface area contributed by atoms with Gasteiger partial charge in [0.25, 0.3) is 0 Å². The van der Waals surface area contributed by atoms with E-state index in [9.17, 15) is 4.39 Å². The molecule has 0 spiro atoms. The lowest BCUT2D eigenvalue weighted by molar-refractivity contribution is 0.287. The maximum atomic E-state index is 13.6. The van der Waals surface area contributed by atoms with E-state index in [1.807, 2.05) is 6.07 Å². The monoisotopic (exact) mass is 285 g/mol. The first-order valence-electron chi connectivity index (χ1n) is 7.50. The minimum absolute atomic E-state index is 0.308. The van der Waals surface area contributed by atoms with Crippen molar-refractivity contribution in [2.24, 2.45) is 0 Å². The van der Waals surface area contributed by atoms with Crippen LogP contribution in [0.15, 0.2) is 48.5 Å². The van der Waals surface area contributed by atoms with Gasteiger partial charge >= 0.3 is 0 Å². The molecule has 21 heavy (non-hydrogen) atoms. The predicted octanol–water partition coefficient (Wildman–Crippen LogP) is 3.87. The molecule has 0 unspecified atom stereocenters. The van der Waals surface area contributed by atoms with E-state index >= 15 is 0 Å². The zero-order chi connectivity index (χ0) is 14.5. The van der Waals surface area contributed by atoms with Crippen molar-refractivity contribution >= 4 is 0 Å². The highest BCUT2D eigenvalue weighted by molar-refractivity contribution is 5.31. The van der Waals surface area contributed by atoms with Crippen molar-refractivity contribution in [1.82, 2.24) is 5.32 Å². The molecule has 0 aromatic heterocycles. The van der Waals surface area contributed by atoms with Crippen LogP contribution >= 0.6 is 0 Å². The summed E-state index contributed by atoms with van der Waals surface area (Å²) in [5, 5.41) is 3.39. The van der Waals surface area contributed by atoms with Crippen molar-refractivity contribution in [3.05, 3.63) is 65.5 Å². The van der Waals surface area contributed by atoms with Gasteiger partial charge in [-0.2, -0.15) is 0 Å². The molecule has 0 aliphatic carbocycles. The molecule has 2 aromatic carbocycles. The van der Waals surface area contributed by atoms with Gasteiger partial charge in [0.15, 0.2) is 11.6 Å². The second-order valence-corrected chi connectivity index (χ2v) is 5.44. The van der Waals surface area contributed by atoms with Crippen LogP contribution in [-0.2, 0) is 6.61 Å². The largest absolute Gasteiger partial charge is 0.486 e. The van der Waals surface area contributed by atoms with Gasteiger partial charge in [-0.25, -0.2) is 4.39 Å². The Balaban J connectivity index is 1.74. The molecule has 1 N–H and O–H groups in total. The van der Waals surface area contributed by atoms with E-state index in [-0.39, 0.29) is 5.82 Å². The zero-order valence-corrected chi connectivity index (χ0v) is 12.0. The molecule has 0 saturated carbocycles. The van der Waals surface area contributed by atoms with Gasteiger partial charge in [-0.1, -0.05) is 36.4 Å². The fraction of sp³-hybridized carbons (Fsp3) is 0.333. The highest BCUT2D eigenvalue weighted by Gasteiger charge is 2.18. The van der Waals surface area contributed by atoms with Gasteiger partial charge in [0.1, 0.15) is 6.61 Å². The molecular formula is C18H20FNO. The Morgan fingerprint density at radius 3 is 2.52 bits per heavy atom. The second-order valence-electron chi connectivity index (χ2n) is 5.44. The summed E-state index contributed by atoms with van der Waals surface area (Å²) in [7, 11) is 0. The number of rotatable bonds is 4. The molecule has 0 amide bonds.